The van der Waals surface area contributed by atoms with E-state index in [1.54, 1.807) is 0 Å². The van der Waals surface area contributed by atoms with Gasteiger partial charge in [0.1, 0.15) is 5.78 Å². The fourth-order valence-corrected chi connectivity index (χ4v) is 10.4. The molecule has 0 unspecified atom stereocenters. The Bertz CT molecular complexity index is 828. The molecule has 0 aromatic heterocycles. The second-order valence-electron chi connectivity index (χ2n) is 14.7. The summed E-state index contributed by atoms with van der Waals surface area (Å²) in [5, 5.41) is 22.4. The first kappa shape index (κ1) is 24.3. The Kier molecular flexibility index (Phi) is 5.19. The molecule has 4 nitrogen and oxygen atoms in total. The first-order valence-corrected chi connectivity index (χ1v) is 13.7. The Balaban J connectivity index is 1.50. The zero-order chi connectivity index (χ0) is 24.2. The molecule has 1 aliphatic heterocycles. The fourth-order valence-electron chi connectivity index (χ4n) is 10.4. The predicted octanol–water partition coefficient (Wildman–Crippen LogP) is 5.67. The van der Waals surface area contributed by atoms with Crippen LogP contribution < -0.4 is 0 Å². The van der Waals surface area contributed by atoms with Gasteiger partial charge in [0.05, 0.1) is 23.4 Å². The van der Waals surface area contributed by atoms with Crippen LogP contribution >= 0.6 is 0 Å². The maximum Gasteiger partial charge on any atom is 0.138 e. The molecule has 33 heavy (non-hydrogen) atoms. The van der Waals surface area contributed by atoms with Crippen molar-refractivity contribution in [3.63, 3.8) is 0 Å². The van der Waals surface area contributed by atoms with E-state index in [2.05, 4.69) is 34.6 Å². The van der Waals surface area contributed by atoms with E-state index in [4.69, 9.17) is 4.74 Å². The van der Waals surface area contributed by atoms with Gasteiger partial charge in [-0.05, 0) is 106 Å². The lowest BCUT2D eigenvalue weighted by Crippen LogP contribution is -2.70. The number of hydrogen-bond donors (Lipinski definition) is 2. The van der Waals surface area contributed by atoms with Crippen LogP contribution in [0.4, 0.5) is 0 Å². The topological polar surface area (TPSA) is 66.8 Å². The minimum Gasteiger partial charge on any atom is -0.388 e. The average molecular weight is 461 g/mol. The van der Waals surface area contributed by atoms with Crippen LogP contribution in [0.3, 0.4) is 0 Å². The standard InChI is InChI=1S/C29H48O4/c1-24(2)19-10-14-28(7)20(26(19,5)13-11-21(24)30)9-8-18-23-29(32,17-16-27(18,28)6)15-12-22(33-23)25(3,4)31/h18-20,22-23,31-32H,8-17H2,1-7H3/t18-,19+,20-,22+,23-,26+,27-,28-,29-/m1/s1. The third-order valence-corrected chi connectivity index (χ3v) is 12.6. The van der Waals surface area contributed by atoms with E-state index in [1.807, 2.05) is 13.8 Å². The zero-order valence-corrected chi connectivity index (χ0v) is 22.2. The lowest BCUT2D eigenvalue weighted by molar-refractivity contribution is -0.300. The van der Waals surface area contributed by atoms with Gasteiger partial charge < -0.3 is 14.9 Å². The summed E-state index contributed by atoms with van der Waals surface area (Å²) in [6, 6.07) is 0. The van der Waals surface area contributed by atoms with E-state index in [0.717, 1.165) is 57.8 Å². The summed E-state index contributed by atoms with van der Waals surface area (Å²) in [5.74, 6) is 1.86. The van der Waals surface area contributed by atoms with Crippen LogP contribution in [0.15, 0.2) is 0 Å². The van der Waals surface area contributed by atoms with E-state index in [1.165, 1.54) is 6.42 Å². The molecular formula is C29H48O4. The molecule has 1 heterocycles. The Morgan fingerprint density at radius 3 is 2.21 bits per heavy atom. The molecule has 0 aromatic rings. The van der Waals surface area contributed by atoms with Crippen LogP contribution in [0.2, 0.25) is 0 Å². The van der Waals surface area contributed by atoms with E-state index >= 15 is 0 Å². The lowest BCUT2D eigenvalue weighted by Gasteiger charge is -2.72. The van der Waals surface area contributed by atoms with Gasteiger partial charge in [0.2, 0.25) is 0 Å². The molecule has 188 valence electrons. The summed E-state index contributed by atoms with van der Waals surface area (Å²) in [5.41, 5.74) is -1.37. The normalized spacial score (nSPS) is 54.0. The quantitative estimate of drug-likeness (QED) is 0.529. The molecule has 0 aromatic carbocycles. The number of ether oxygens (including phenoxy) is 1. The third kappa shape index (κ3) is 3.08. The van der Waals surface area contributed by atoms with E-state index in [9.17, 15) is 15.0 Å². The SMILES string of the molecule is CC(C)(O)[C@@H]1CC[C@@]2(O)CC[C@]3(C)[C@H](CC[C@@H]4[C@@]5(C)CCC(=O)C(C)(C)[C@@H]5CC[C@]43C)[C@H]2O1. The van der Waals surface area contributed by atoms with Crippen molar-refractivity contribution in [2.24, 2.45) is 39.4 Å². The van der Waals surface area contributed by atoms with Gasteiger partial charge in [-0.1, -0.05) is 34.6 Å². The minimum absolute atomic E-state index is 0.105. The molecule has 2 N–H and O–H groups in total. The van der Waals surface area contributed by atoms with Crippen LogP contribution in [0.25, 0.3) is 0 Å². The van der Waals surface area contributed by atoms with Gasteiger partial charge in [0.25, 0.3) is 0 Å². The second kappa shape index (κ2) is 7.07. The molecule has 5 aliphatic rings. The molecule has 0 radical (unpaired) electrons. The summed E-state index contributed by atoms with van der Waals surface area (Å²) in [7, 11) is 0. The summed E-state index contributed by atoms with van der Waals surface area (Å²) in [6.07, 6.45) is 9.22. The van der Waals surface area contributed by atoms with Crippen molar-refractivity contribution in [3.8, 4) is 0 Å². The number of hydrogen-bond acceptors (Lipinski definition) is 4. The Morgan fingerprint density at radius 1 is 0.848 bits per heavy atom. The van der Waals surface area contributed by atoms with Gasteiger partial charge in [-0.25, -0.2) is 0 Å². The maximum absolute atomic E-state index is 12.9. The van der Waals surface area contributed by atoms with Crippen molar-refractivity contribution in [2.75, 3.05) is 0 Å². The van der Waals surface area contributed by atoms with Gasteiger partial charge >= 0.3 is 0 Å². The molecule has 5 fully saturated rings. The number of Topliss-reactive ketones (excluding diaryl/α,β-unsaturated/α-hetero) is 1. The minimum atomic E-state index is -0.887. The van der Waals surface area contributed by atoms with Gasteiger partial charge in [-0.2, -0.15) is 0 Å². The smallest absolute Gasteiger partial charge is 0.138 e. The second-order valence-corrected chi connectivity index (χ2v) is 14.7. The van der Waals surface area contributed by atoms with E-state index < -0.39 is 11.2 Å². The van der Waals surface area contributed by atoms with Crippen molar-refractivity contribution in [1.29, 1.82) is 0 Å². The molecular weight excluding hydrogens is 412 g/mol. The van der Waals surface area contributed by atoms with Crippen LogP contribution in [0.5, 0.6) is 0 Å². The molecule has 0 spiro atoms. The van der Waals surface area contributed by atoms with Crippen molar-refractivity contribution in [1.82, 2.24) is 0 Å². The highest BCUT2D eigenvalue weighted by Crippen LogP contribution is 2.74. The van der Waals surface area contributed by atoms with Crippen LogP contribution in [-0.4, -0.2) is 39.4 Å². The number of ketones is 1. The zero-order valence-electron chi connectivity index (χ0n) is 22.2. The first-order valence-electron chi connectivity index (χ1n) is 13.7. The van der Waals surface area contributed by atoms with Crippen molar-refractivity contribution < 1.29 is 19.7 Å². The summed E-state index contributed by atoms with van der Waals surface area (Å²) in [4.78, 5) is 12.9. The van der Waals surface area contributed by atoms with Gasteiger partial charge in [0.15, 0.2) is 0 Å². The summed E-state index contributed by atoms with van der Waals surface area (Å²) in [6.45, 7) is 15.7. The lowest BCUT2D eigenvalue weighted by atomic mass is 9.33. The highest BCUT2D eigenvalue weighted by atomic mass is 16.5. The summed E-state index contributed by atoms with van der Waals surface area (Å²) >= 11 is 0. The highest BCUT2D eigenvalue weighted by molar-refractivity contribution is 5.85. The molecule has 4 heteroatoms. The van der Waals surface area contributed by atoms with Gasteiger partial charge in [-0.3, -0.25) is 4.79 Å². The molecule has 4 aliphatic carbocycles. The average Bonchev–Trinajstić information content (AvgIpc) is 2.71. The van der Waals surface area contributed by atoms with Crippen LogP contribution in [0.1, 0.15) is 113 Å². The van der Waals surface area contributed by atoms with Crippen LogP contribution in [0, 0.1) is 39.4 Å². The van der Waals surface area contributed by atoms with E-state index in [0.29, 0.717) is 23.5 Å². The maximum atomic E-state index is 12.9. The van der Waals surface area contributed by atoms with Gasteiger partial charge in [0, 0.05) is 11.8 Å². The van der Waals surface area contributed by atoms with Crippen molar-refractivity contribution in [2.45, 2.75) is 136 Å². The molecule has 9 atom stereocenters. The van der Waals surface area contributed by atoms with Crippen molar-refractivity contribution >= 4 is 5.78 Å². The van der Waals surface area contributed by atoms with E-state index in [-0.39, 0.29) is 33.9 Å². The number of carbonyl (C=O) groups excluding carboxylic acids is 1. The van der Waals surface area contributed by atoms with Gasteiger partial charge in [-0.15, -0.1) is 0 Å². The molecule has 1 saturated heterocycles. The van der Waals surface area contributed by atoms with Crippen molar-refractivity contribution in [3.05, 3.63) is 0 Å². The fraction of sp³-hybridized carbons (Fsp3) is 0.966. The molecule has 5 rings (SSSR count). The molecule has 0 amide bonds. The number of rotatable bonds is 1. The number of fused-ring (bicyclic) bond motifs is 7. The van der Waals surface area contributed by atoms with Crippen LogP contribution in [-0.2, 0) is 9.53 Å². The highest BCUT2D eigenvalue weighted by Gasteiger charge is 2.70. The predicted molar refractivity (Wildman–Crippen MR) is 130 cm³/mol. The number of aliphatic hydroxyl groups is 2. The Morgan fingerprint density at radius 2 is 1.55 bits per heavy atom. The monoisotopic (exact) mass is 460 g/mol. The molecule has 0 bridgehead atoms. The first-order chi connectivity index (χ1) is 15.1. The largest absolute Gasteiger partial charge is 0.388 e. The third-order valence-electron chi connectivity index (χ3n) is 12.6. The Hall–Kier alpha value is -0.450. The number of carbonyl (C=O) groups is 1. The molecule has 4 saturated carbocycles. The Labute approximate surface area is 201 Å². The summed E-state index contributed by atoms with van der Waals surface area (Å²) < 4.78 is 6.65.